The number of H-pyrrole nitrogens is 1. The standard InChI is InChI=1S/C16H25N3O3/c1-11(2)9-19-6-7-22-13(10-19)8-17-15(20)14-5-4-12(3)18-16(14)21/h4-5,11,13H,6-10H2,1-3H3,(H,17,20)(H,18,21). The van der Waals surface area contributed by atoms with E-state index < -0.39 is 0 Å². The number of morpholine rings is 1. The zero-order valence-electron chi connectivity index (χ0n) is 13.5. The van der Waals surface area contributed by atoms with Crippen LogP contribution in [0.3, 0.4) is 0 Å². The Hall–Kier alpha value is -1.66. The van der Waals surface area contributed by atoms with Gasteiger partial charge in [-0.15, -0.1) is 0 Å². The Morgan fingerprint density at radius 1 is 1.50 bits per heavy atom. The van der Waals surface area contributed by atoms with Gasteiger partial charge in [0.15, 0.2) is 0 Å². The summed E-state index contributed by atoms with van der Waals surface area (Å²) >= 11 is 0. The monoisotopic (exact) mass is 307 g/mol. The molecule has 1 unspecified atom stereocenters. The van der Waals surface area contributed by atoms with Gasteiger partial charge in [0.25, 0.3) is 11.5 Å². The van der Waals surface area contributed by atoms with Crippen LogP contribution in [0.4, 0.5) is 0 Å². The smallest absolute Gasteiger partial charge is 0.260 e. The van der Waals surface area contributed by atoms with Crippen molar-refractivity contribution in [1.82, 2.24) is 15.2 Å². The van der Waals surface area contributed by atoms with E-state index in [-0.39, 0.29) is 23.1 Å². The number of pyridine rings is 1. The third-order valence-corrected chi connectivity index (χ3v) is 3.64. The van der Waals surface area contributed by atoms with Crippen LogP contribution in [0.5, 0.6) is 0 Å². The molecule has 122 valence electrons. The van der Waals surface area contributed by atoms with Crippen LogP contribution in [0.2, 0.25) is 0 Å². The lowest BCUT2D eigenvalue weighted by Crippen LogP contribution is -2.48. The molecule has 1 aromatic heterocycles. The molecule has 1 aromatic rings. The van der Waals surface area contributed by atoms with E-state index in [0.717, 1.165) is 25.3 Å². The van der Waals surface area contributed by atoms with E-state index >= 15 is 0 Å². The number of hydrogen-bond acceptors (Lipinski definition) is 4. The Kier molecular flexibility index (Phi) is 5.74. The quantitative estimate of drug-likeness (QED) is 0.842. The van der Waals surface area contributed by atoms with Crippen molar-refractivity contribution in [1.29, 1.82) is 0 Å². The molecule has 0 spiro atoms. The van der Waals surface area contributed by atoms with E-state index in [2.05, 4.69) is 29.0 Å². The molecule has 0 radical (unpaired) electrons. The number of carbonyl (C=O) groups excluding carboxylic acids is 1. The van der Waals surface area contributed by atoms with Crippen LogP contribution in [0.25, 0.3) is 0 Å². The van der Waals surface area contributed by atoms with Crippen molar-refractivity contribution >= 4 is 5.91 Å². The Morgan fingerprint density at radius 2 is 2.27 bits per heavy atom. The van der Waals surface area contributed by atoms with Crippen molar-refractivity contribution in [3.05, 3.63) is 33.7 Å². The average Bonchev–Trinajstić information content (AvgIpc) is 2.44. The van der Waals surface area contributed by atoms with E-state index in [4.69, 9.17) is 4.74 Å². The fourth-order valence-electron chi connectivity index (χ4n) is 2.64. The molecule has 0 aromatic carbocycles. The number of nitrogens with zero attached hydrogens (tertiary/aromatic N) is 1. The summed E-state index contributed by atoms with van der Waals surface area (Å²) in [6.07, 6.45) is -0.0269. The molecule has 0 saturated carbocycles. The SMILES string of the molecule is Cc1ccc(C(=O)NCC2CN(CC(C)C)CCO2)c(=O)[nH]1. The lowest BCUT2D eigenvalue weighted by molar-refractivity contribution is -0.0295. The second-order valence-corrected chi connectivity index (χ2v) is 6.24. The summed E-state index contributed by atoms with van der Waals surface area (Å²) in [7, 11) is 0. The van der Waals surface area contributed by atoms with Crippen LogP contribution < -0.4 is 10.9 Å². The number of hydrogen-bond donors (Lipinski definition) is 2. The molecule has 6 nitrogen and oxygen atoms in total. The van der Waals surface area contributed by atoms with Crippen LogP contribution in [-0.4, -0.2) is 54.7 Å². The first kappa shape index (κ1) is 16.7. The highest BCUT2D eigenvalue weighted by molar-refractivity contribution is 5.93. The predicted molar refractivity (Wildman–Crippen MR) is 85.2 cm³/mol. The van der Waals surface area contributed by atoms with E-state index in [1.54, 1.807) is 19.1 Å². The maximum absolute atomic E-state index is 12.1. The summed E-state index contributed by atoms with van der Waals surface area (Å²) in [6, 6.07) is 3.27. The molecule has 1 amide bonds. The minimum atomic E-state index is -0.358. The molecular weight excluding hydrogens is 282 g/mol. The first-order valence-electron chi connectivity index (χ1n) is 7.77. The predicted octanol–water partition coefficient (Wildman–Crippen LogP) is 0.770. The number of aromatic nitrogens is 1. The van der Waals surface area contributed by atoms with Crippen LogP contribution in [0.1, 0.15) is 29.9 Å². The van der Waals surface area contributed by atoms with Crippen molar-refractivity contribution < 1.29 is 9.53 Å². The summed E-state index contributed by atoms with van der Waals surface area (Å²) in [6.45, 7) is 10.0. The summed E-state index contributed by atoms with van der Waals surface area (Å²) < 4.78 is 5.68. The van der Waals surface area contributed by atoms with Crippen LogP contribution in [-0.2, 0) is 4.74 Å². The van der Waals surface area contributed by atoms with Gasteiger partial charge < -0.3 is 15.0 Å². The summed E-state index contributed by atoms with van der Waals surface area (Å²) in [5.41, 5.74) is 0.519. The van der Waals surface area contributed by atoms with Gasteiger partial charge in [0.05, 0.1) is 12.7 Å². The van der Waals surface area contributed by atoms with Crippen LogP contribution >= 0.6 is 0 Å². The third-order valence-electron chi connectivity index (χ3n) is 3.64. The van der Waals surface area contributed by atoms with Gasteiger partial charge >= 0.3 is 0 Å². The Balaban J connectivity index is 1.86. The molecule has 1 saturated heterocycles. The fourth-order valence-corrected chi connectivity index (χ4v) is 2.64. The van der Waals surface area contributed by atoms with Crippen molar-refractivity contribution in [2.45, 2.75) is 26.9 Å². The normalized spacial score (nSPS) is 19.4. The molecule has 2 heterocycles. The van der Waals surface area contributed by atoms with Gasteiger partial charge in [0.1, 0.15) is 5.56 Å². The largest absolute Gasteiger partial charge is 0.374 e. The molecule has 22 heavy (non-hydrogen) atoms. The molecular formula is C16H25N3O3. The topological polar surface area (TPSA) is 74.4 Å². The van der Waals surface area contributed by atoms with Gasteiger partial charge in [-0.05, 0) is 25.0 Å². The third kappa shape index (κ3) is 4.68. The van der Waals surface area contributed by atoms with Crippen molar-refractivity contribution in [3.8, 4) is 0 Å². The van der Waals surface area contributed by atoms with Gasteiger partial charge in [-0.3, -0.25) is 14.5 Å². The number of nitrogens with one attached hydrogen (secondary N) is 2. The molecule has 6 heteroatoms. The first-order valence-corrected chi connectivity index (χ1v) is 7.77. The highest BCUT2D eigenvalue weighted by atomic mass is 16.5. The second-order valence-electron chi connectivity index (χ2n) is 6.24. The zero-order valence-corrected chi connectivity index (χ0v) is 13.5. The number of rotatable bonds is 5. The van der Waals surface area contributed by atoms with Crippen LogP contribution in [0, 0.1) is 12.8 Å². The van der Waals surface area contributed by atoms with Crippen LogP contribution in [0.15, 0.2) is 16.9 Å². The minimum absolute atomic E-state index is 0.0269. The minimum Gasteiger partial charge on any atom is -0.374 e. The average molecular weight is 307 g/mol. The summed E-state index contributed by atoms with van der Waals surface area (Å²) in [5, 5.41) is 2.79. The lowest BCUT2D eigenvalue weighted by atomic mass is 10.1. The number of amides is 1. The Morgan fingerprint density at radius 3 is 2.95 bits per heavy atom. The Labute approximate surface area is 130 Å². The molecule has 1 aliphatic heterocycles. The highest BCUT2D eigenvalue weighted by Crippen LogP contribution is 2.07. The van der Waals surface area contributed by atoms with Crippen molar-refractivity contribution in [2.75, 3.05) is 32.8 Å². The Bertz CT molecular complexity index is 568. The summed E-state index contributed by atoms with van der Waals surface area (Å²) in [4.78, 5) is 28.8. The molecule has 0 bridgehead atoms. The van der Waals surface area contributed by atoms with Gasteiger partial charge in [-0.2, -0.15) is 0 Å². The van der Waals surface area contributed by atoms with E-state index in [1.165, 1.54) is 0 Å². The zero-order chi connectivity index (χ0) is 16.1. The summed E-state index contributed by atoms with van der Waals surface area (Å²) in [5.74, 6) is 0.255. The van der Waals surface area contributed by atoms with E-state index in [9.17, 15) is 9.59 Å². The lowest BCUT2D eigenvalue weighted by Gasteiger charge is -2.33. The van der Waals surface area contributed by atoms with E-state index in [1.807, 2.05) is 0 Å². The number of carbonyl (C=O) groups is 1. The number of aryl methyl sites for hydroxylation is 1. The molecule has 1 fully saturated rings. The second kappa shape index (κ2) is 7.56. The number of ether oxygens (including phenoxy) is 1. The van der Waals surface area contributed by atoms with Crippen molar-refractivity contribution in [3.63, 3.8) is 0 Å². The maximum Gasteiger partial charge on any atom is 0.260 e. The first-order chi connectivity index (χ1) is 10.5. The van der Waals surface area contributed by atoms with Gasteiger partial charge in [0.2, 0.25) is 0 Å². The molecule has 1 aliphatic rings. The van der Waals surface area contributed by atoms with Crippen molar-refractivity contribution in [2.24, 2.45) is 5.92 Å². The van der Waals surface area contributed by atoms with E-state index in [0.29, 0.717) is 19.1 Å². The maximum atomic E-state index is 12.1. The molecule has 2 rings (SSSR count). The van der Waals surface area contributed by atoms with Gasteiger partial charge in [-0.25, -0.2) is 0 Å². The highest BCUT2D eigenvalue weighted by Gasteiger charge is 2.22. The van der Waals surface area contributed by atoms with Gasteiger partial charge in [0, 0.05) is 31.9 Å². The molecule has 0 aliphatic carbocycles. The molecule has 1 atom stereocenters. The fraction of sp³-hybridized carbons (Fsp3) is 0.625. The molecule has 2 N–H and O–H groups in total. The van der Waals surface area contributed by atoms with Gasteiger partial charge in [-0.1, -0.05) is 13.8 Å². The number of aromatic amines is 1.